The van der Waals surface area contributed by atoms with Crippen molar-refractivity contribution >= 4 is 44.2 Å². The van der Waals surface area contributed by atoms with Gasteiger partial charge in [-0.25, -0.2) is 23.5 Å². The summed E-state index contributed by atoms with van der Waals surface area (Å²) >= 11 is 0. The number of furan rings is 1. The number of nitrogens with one attached hydrogen (secondary N) is 2. The molecule has 0 unspecified atom stereocenters. The van der Waals surface area contributed by atoms with Crippen LogP contribution >= 0.6 is 0 Å². The molecule has 4 N–H and O–H groups in total. The molecule has 0 saturated heterocycles. The Labute approximate surface area is 268 Å². The van der Waals surface area contributed by atoms with Crippen molar-refractivity contribution in [1.29, 1.82) is 0 Å². The molecule has 46 heavy (non-hydrogen) atoms. The summed E-state index contributed by atoms with van der Waals surface area (Å²) in [5.41, 5.74) is 5.27. The lowest BCUT2D eigenvalue weighted by molar-refractivity contribution is -0.111. The number of fused-ring (bicyclic) bond motifs is 1. The molecule has 0 atom stereocenters. The fraction of sp³-hybridized carbons (Fsp3) is 0.206. The Morgan fingerprint density at radius 2 is 1.72 bits per heavy atom. The van der Waals surface area contributed by atoms with E-state index < -0.39 is 10.0 Å². The fourth-order valence-corrected chi connectivity index (χ4v) is 5.60. The molecule has 0 spiro atoms. The zero-order valence-corrected chi connectivity index (χ0v) is 26.8. The monoisotopic (exact) mass is 639 g/mol. The van der Waals surface area contributed by atoms with Crippen LogP contribution in [0.2, 0.25) is 0 Å². The van der Waals surface area contributed by atoms with Crippen LogP contribution in [-0.2, 0) is 21.2 Å². The maximum Gasteiger partial charge on any atom is 0.247 e. The SMILES string of the molecule is C=CC(=O)Nc1cc(-c2c(-c3ccccc3)oc3ncnc(NCCc4ccc(S(N)(=O)=O)cc4)c23)ccc1N(C)CCN(C)C. The van der Waals surface area contributed by atoms with E-state index in [-0.39, 0.29) is 10.8 Å². The minimum atomic E-state index is -3.76. The van der Waals surface area contributed by atoms with Crippen LogP contribution in [0.3, 0.4) is 0 Å². The molecule has 0 saturated carbocycles. The predicted octanol–water partition coefficient (Wildman–Crippen LogP) is 4.98. The second-order valence-corrected chi connectivity index (χ2v) is 12.7. The third-order valence-electron chi connectivity index (χ3n) is 7.50. The number of hydrogen-bond donors (Lipinski definition) is 3. The molecule has 12 heteroatoms. The summed E-state index contributed by atoms with van der Waals surface area (Å²) in [6.07, 6.45) is 3.30. The van der Waals surface area contributed by atoms with E-state index >= 15 is 0 Å². The highest BCUT2D eigenvalue weighted by molar-refractivity contribution is 7.89. The molecule has 0 radical (unpaired) electrons. The van der Waals surface area contributed by atoms with Gasteiger partial charge in [0.2, 0.25) is 21.6 Å². The topological polar surface area (TPSA) is 147 Å². The van der Waals surface area contributed by atoms with Gasteiger partial charge in [-0.2, -0.15) is 0 Å². The van der Waals surface area contributed by atoms with Gasteiger partial charge in [0.15, 0.2) is 0 Å². The van der Waals surface area contributed by atoms with E-state index in [0.717, 1.165) is 41.0 Å². The van der Waals surface area contributed by atoms with E-state index in [2.05, 4.69) is 37.0 Å². The molecular weight excluding hydrogens is 602 g/mol. The average Bonchev–Trinajstić information content (AvgIpc) is 3.44. The molecular formula is C34H37N7O4S. The van der Waals surface area contributed by atoms with Crippen LogP contribution < -0.4 is 20.7 Å². The van der Waals surface area contributed by atoms with Gasteiger partial charge >= 0.3 is 0 Å². The second kappa shape index (κ2) is 13.9. The molecule has 11 nitrogen and oxygen atoms in total. The molecule has 0 fully saturated rings. The number of carbonyl (C=O) groups excluding carboxylic acids is 1. The van der Waals surface area contributed by atoms with Gasteiger partial charge in [0, 0.05) is 37.8 Å². The predicted molar refractivity (Wildman–Crippen MR) is 183 cm³/mol. The molecule has 5 aromatic rings. The molecule has 0 aliphatic rings. The largest absolute Gasteiger partial charge is 0.437 e. The normalized spacial score (nSPS) is 11.5. The number of hydrogen-bond acceptors (Lipinski definition) is 9. The molecule has 0 aliphatic carbocycles. The minimum absolute atomic E-state index is 0.0664. The number of amides is 1. The minimum Gasteiger partial charge on any atom is -0.437 e. The zero-order chi connectivity index (χ0) is 32.8. The van der Waals surface area contributed by atoms with Gasteiger partial charge in [-0.15, -0.1) is 0 Å². The van der Waals surface area contributed by atoms with Gasteiger partial charge in [0.05, 0.1) is 21.7 Å². The Kier molecular flexibility index (Phi) is 9.81. The van der Waals surface area contributed by atoms with Crippen molar-refractivity contribution in [1.82, 2.24) is 14.9 Å². The van der Waals surface area contributed by atoms with Crippen molar-refractivity contribution < 1.29 is 17.6 Å². The van der Waals surface area contributed by atoms with Crippen LogP contribution in [0.25, 0.3) is 33.6 Å². The number of nitrogens with two attached hydrogens (primary N) is 1. The van der Waals surface area contributed by atoms with E-state index in [4.69, 9.17) is 9.56 Å². The summed E-state index contributed by atoms with van der Waals surface area (Å²) in [6, 6.07) is 22.2. The van der Waals surface area contributed by atoms with Crippen LogP contribution in [0.5, 0.6) is 0 Å². The summed E-state index contributed by atoms with van der Waals surface area (Å²) in [5.74, 6) is 0.880. The van der Waals surface area contributed by atoms with Crippen molar-refractivity contribution in [2.75, 3.05) is 56.3 Å². The quantitative estimate of drug-likeness (QED) is 0.152. The Hall–Kier alpha value is -5.04. The number of primary sulfonamides is 1. The smallest absolute Gasteiger partial charge is 0.247 e. The summed E-state index contributed by atoms with van der Waals surface area (Å²) in [4.78, 5) is 25.8. The molecule has 2 heterocycles. The number of aromatic nitrogens is 2. The molecule has 5 rings (SSSR count). The first-order valence-electron chi connectivity index (χ1n) is 14.7. The van der Waals surface area contributed by atoms with E-state index in [9.17, 15) is 13.2 Å². The number of benzene rings is 3. The highest BCUT2D eigenvalue weighted by Crippen LogP contribution is 2.44. The number of likely N-dealkylation sites (N-methyl/N-ethyl adjacent to an activating group) is 2. The van der Waals surface area contributed by atoms with Gasteiger partial charge in [0.1, 0.15) is 17.9 Å². The van der Waals surface area contributed by atoms with E-state index in [1.165, 1.54) is 24.5 Å². The molecule has 3 aromatic carbocycles. The Morgan fingerprint density at radius 3 is 2.39 bits per heavy atom. The summed E-state index contributed by atoms with van der Waals surface area (Å²) in [5, 5.41) is 12.3. The summed E-state index contributed by atoms with van der Waals surface area (Å²) < 4.78 is 29.7. The first kappa shape index (κ1) is 32.4. The van der Waals surface area contributed by atoms with Crippen LogP contribution in [-0.4, -0.2) is 70.0 Å². The number of nitrogens with zero attached hydrogens (tertiary/aromatic N) is 4. The van der Waals surface area contributed by atoms with E-state index in [0.29, 0.717) is 41.3 Å². The molecule has 0 bridgehead atoms. The van der Waals surface area contributed by atoms with Gasteiger partial charge in [-0.1, -0.05) is 55.1 Å². The van der Waals surface area contributed by atoms with E-state index in [1.54, 1.807) is 12.1 Å². The third kappa shape index (κ3) is 7.42. The van der Waals surface area contributed by atoms with Gasteiger partial charge in [-0.3, -0.25) is 4.79 Å². The van der Waals surface area contributed by atoms with Crippen molar-refractivity contribution in [2.24, 2.45) is 5.14 Å². The van der Waals surface area contributed by atoms with E-state index in [1.807, 2.05) is 69.7 Å². The molecule has 2 aromatic heterocycles. The van der Waals surface area contributed by atoms with Crippen molar-refractivity contribution in [3.63, 3.8) is 0 Å². The number of anilines is 3. The number of sulfonamides is 1. The summed E-state index contributed by atoms with van der Waals surface area (Å²) in [6.45, 7) is 5.72. The van der Waals surface area contributed by atoms with Crippen LogP contribution in [0, 0.1) is 0 Å². The van der Waals surface area contributed by atoms with Crippen LogP contribution in [0.1, 0.15) is 5.56 Å². The Bertz CT molecular complexity index is 1960. The fourth-order valence-electron chi connectivity index (χ4n) is 5.09. The van der Waals surface area contributed by atoms with Gasteiger partial charge in [-0.05, 0) is 62.0 Å². The maximum absolute atomic E-state index is 12.5. The highest BCUT2D eigenvalue weighted by Gasteiger charge is 2.23. The zero-order valence-electron chi connectivity index (χ0n) is 26.0. The van der Waals surface area contributed by atoms with Crippen molar-refractivity contribution in [2.45, 2.75) is 11.3 Å². The lowest BCUT2D eigenvalue weighted by Crippen LogP contribution is -2.29. The number of carbonyl (C=O) groups is 1. The molecule has 238 valence electrons. The number of rotatable bonds is 13. The second-order valence-electron chi connectivity index (χ2n) is 11.1. The summed E-state index contributed by atoms with van der Waals surface area (Å²) in [7, 11) is 2.26. The van der Waals surface area contributed by atoms with Gasteiger partial charge < -0.3 is 24.9 Å². The van der Waals surface area contributed by atoms with Crippen LogP contribution in [0.4, 0.5) is 17.2 Å². The van der Waals surface area contributed by atoms with Crippen molar-refractivity contribution in [3.8, 4) is 22.5 Å². The lowest BCUT2D eigenvalue weighted by Gasteiger charge is -2.25. The van der Waals surface area contributed by atoms with Crippen LogP contribution in [0.15, 0.2) is 101 Å². The molecule has 1 amide bonds. The Balaban J connectivity index is 1.57. The average molecular weight is 640 g/mol. The first-order chi connectivity index (χ1) is 22.0. The molecule has 0 aliphatic heterocycles. The van der Waals surface area contributed by atoms with Gasteiger partial charge in [0.25, 0.3) is 0 Å². The highest BCUT2D eigenvalue weighted by atomic mass is 32.2. The third-order valence-corrected chi connectivity index (χ3v) is 8.43. The maximum atomic E-state index is 12.5. The van der Waals surface area contributed by atoms with Crippen molar-refractivity contribution in [3.05, 3.63) is 97.3 Å². The first-order valence-corrected chi connectivity index (χ1v) is 16.2. The lowest BCUT2D eigenvalue weighted by atomic mass is 9.98. The Morgan fingerprint density at radius 1 is 0.978 bits per heavy atom. The standard InChI is InChI=1S/C34H37N7O4S/c1-5-29(42)39-27-21-25(13-16-28(27)41(4)20-19-40(2)3)30-31-33(36-18-17-23-11-14-26(15-12-23)46(35,43)44)37-22-38-34(31)45-32(30)24-9-7-6-8-10-24/h5-16,21-22H,1,17-20H2,2-4H3,(H,39,42)(H2,35,43,44)(H,36,37,38).